The standard InChI is InChI=1S/C16H20Cl2N2O/c17-13-4-3-12(9-14(13)18)16(5-1-6-19-11-16)15(21)10-20-7-2-8-20/h3-4,9,19H,1-2,5-8,10-11H2/t16-/m1/s1. The topological polar surface area (TPSA) is 32.3 Å². The number of nitrogens with zero attached hydrogens (tertiary/aromatic N) is 1. The van der Waals surface area contributed by atoms with E-state index in [4.69, 9.17) is 23.2 Å². The summed E-state index contributed by atoms with van der Waals surface area (Å²) in [4.78, 5) is 15.2. The van der Waals surface area contributed by atoms with Crippen LogP contribution in [0.25, 0.3) is 0 Å². The fourth-order valence-electron chi connectivity index (χ4n) is 3.24. The Hall–Kier alpha value is -0.610. The van der Waals surface area contributed by atoms with Crippen molar-refractivity contribution in [3.63, 3.8) is 0 Å². The molecule has 0 amide bonds. The van der Waals surface area contributed by atoms with Gasteiger partial charge in [-0.2, -0.15) is 0 Å². The number of carbonyl (C=O) groups is 1. The molecule has 0 aromatic heterocycles. The Bertz CT molecular complexity index is 537. The van der Waals surface area contributed by atoms with Crippen LogP contribution in [0.2, 0.25) is 10.0 Å². The van der Waals surface area contributed by atoms with Gasteiger partial charge in [-0.3, -0.25) is 9.69 Å². The van der Waals surface area contributed by atoms with E-state index < -0.39 is 5.41 Å². The van der Waals surface area contributed by atoms with Gasteiger partial charge in [-0.15, -0.1) is 0 Å². The predicted molar refractivity (Wildman–Crippen MR) is 86.3 cm³/mol. The van der Waals surface area contributed by atoms with Crippen LogP contribution in [0.15, 0.2) is 18.2 Å². The molecule has 0 unspecified atom stereocenters. The summed E-state index contributed by atoms with van der Waals surface area (Å²) in [5.74, 6) is 0.299. The van der Waals surface area contributed by atoms with Gasteiger partial charge < -0.3 is 5.32 Å². The smallest absolute Gasteiger partial charge is 0.158 e. The molecule has 3 rings (SSSR count). The highest BCUT2D eigenvalue weighted by atomic mass is 35.5. The van der Waals surface area contributed by atoms with Crippen LogP contribution in [-0.2, 0) is 10.2 Å². The Kier molecular flexibility index (Phi) is 4.55. The van der Waals surface area contributed by atoms with Gasteiger partial charge in [-0.05, 0) is 56.6 Å². The Morgan fingerprint density at radius 1 is 1.24 bits per heavy atom. The Labute approximate surface area is 135 Å². The summed E-state index contributed by atoms with van der Waals surface area (Å²) < 4.78 is 0. The van der Waals surface area contributed by atoms with Gasteiger partial charge in [0.15, 0.2) is 5.78 Å². The summed E-state index contributed by atoms with van der Waals surface area (Å²) >= 11 is 12.2. The van der Waals surface area contributed by atoms with E-state index in [0.29, 0.717) is 28.9 Å². The van der Waals surface area contributed by atoms with Crippen LogP contribution >= 0.6 is 23.2 Å². The number of hydrogen-bond donors (Lipinski definition) is 1. The normalized spacial score (nSPS) is 26.4. The van der Waals surface area contributed by atoms with Crippen LogP contribution in [-0.4, -0.2) is 43.4 Å². The molecule has 1 aromatic carbocycles. The zero-order valence-electron chi connectivity index (χ0n) is 12.0. The van der Waals surface area contributed by atoms with Crippen LogP contribution in [0.4, 0.5) is 0 Å². The van der Waals surface area contributed by atoms with Crippen molar-refractivity contribution in [3.8, 4) is 0 Å². The molecule has 0 saturated carbocycles. The number of piperidine rings is 1. The molecule has 1 atom stereocenters. The van der Waals surface area contributed by atoms with Crippen molar-refractivity contribution >= 4 is 29.0 Å². The van der Waals surface area contributed by atoms with E-state index in [9.17, 15) is 4.79 Å². The van der Waals surface area contributed by atoms with Crippen LogP contribution in [0.1, 0.15) is 24.8 Å². The van der Waals surface area contributed by atoms with Gasteiger partial charge in [0.25, 0.3) is 0 Å². The third-order valence-electron chi connectivity index (χ3n) is 4.71. The number of ketones is 1. The van der Waals surface area contributed by atoms with Crippen molar-refractivity contribution in [1.82, 2.24) is 10.2 Å². The third-order valence-corrected chi connectivity index (χ3v) is 5.44. The predicted octanol–water partition coefficient (Wildman–Crippen LogP) is 2.89. The minimum atomic E-state index is -0.456. The molecule has 2 heterocycles. The molecule has 1 aromatic rings. The largest absolute Gasteiger partial charge is 0.315 e. The molecule has 0 bridgehead atoms. The Balaban J connectivity index is 1.91. The van der Waals surface area contributed by atoms with Crippen LogP contribution < -0.4 is 5.32 Å². The molecule has 0 spiro atoms. The van der Waals surface area contributed by atoms with Gasteiger partial charge in [0.2, 0.25) is 0 Å². The fraction of sp³-hybridized carbons (Fsp3) is 0.562. The first-order chi connectivity index (χ1) is 10.1. The van der Waals surface area contributed by atoms with Crippen molar-refractivity contribution in [2.75, 3.05) is 32.7 Å². The summed E-state index contributed by atoms with van der Waals surface area (Å²) in [6, 6.07) is 5.62. The van der Waals surface area contributed by atoms with E-state index in [1.807, 2.05) is 12.1 Å². The molecule has 1 N–H and O–H groups in total. The highest BCUT2D eigenvalue weighted by Gasteiger charge is 2.42. The first kappa shape index (κ1) is 15.3. The molecule has 3 nitrogen and oxygen atoms in total. The minimum Gasteiger partial charge on any atom is -0.315 e. The second-order valence-corrected chi connectivity index (χ2v) is 6.86. The van der Waals surface area contributed by atoms with Gasteiger partial charge in [0, 0.05) is 6.54 Å². The van der Waals surface area contributed by atoms with E-state index in [2.05, 4.69) is 10.2 Å². The molecule has 21 heavy (non-hydrogen) atoms. The summed E-state index contributed by atoms with van der Waals surface area (Å²) in [6.07, 6.45) is 3.09. The lowest BCUT2D eigenvalue weighted by Crippen LogP contribution is -2.53. The molecule has 2 aliphatic heterocycles. The lowest BCUT2D eigenvalue weighted by atomic mass is 9.71. The Morgan fingerprint density at radius 3 is 2.62 bits per heavy atom. The molecule has 2 saturated heterocycles. The van der Waals surface area contributed by atoms with E-state index in [1.165, 1.54) is 6.42 Å². The average Bonchev–Trinajstić information content (AvgIpc) is 2.46. The molecular formula is C16H20Cl2N2O. The Morgan fingerprint density at radius 2 is 2.05 bits per heavy atom. The summed E-state index contributed by atoms with van der Waals surface area (Å²) in [6.45, 7) is 4.28. The molecule has 5 heteroatoms. The molecule has 114 valence electrons. The van der Waals surface area contributed by atoms with Crippen LogP contribution in [0, 0.1) is 0 Å². The van der Waals surface area contributed by atoms with E-state index >= 15 is 0 Å². The third kappa shape index (κ3) is 2.98. The zero-order valence-corrected chi connectivity index (χ0v) is 13.5. The van der Waals surface area contributed by atoms with Crippen LogP contribution in [0.3, 0.4) is 0 Å². The van der Waals surface area contributed by atoms with Gasteiger partial charge in [-0.25, -0.2) is 0 Å². The van der Waals surface area contributed by atoms with Gasteiger partial charge in [0.05, 0.1) is 22.0 Å². The zero-order chi connectivity index (χ0) is 14.9. The van der Waals surface area contributed by atoms with Crippen molar-refractivity contribution in [3.05, 3.63) is 33.8 Å². The lowest BCUT2D eigenvalue weighted by molar-refractivity contribution is -0.127. The number of Topliss-reactive ketones (excluding diaryl/α,β-unsaturated/α-hetero) is 1. The quantitative estimate of drug-likeness (QED) is 0.923. The number of benzene rings is 1. The maximum atomic E-state index is 13.0. The average molecular weight is 327 g/mol. The number of nitrogens with one attached hydrogen (secondary N) is 1. The molecule has 2 fully saturated rings. The summed E-state index contributed by atoms with van der Waals surface area (Å²) in [5, 5.41) is 4.44. The first-order valence-corrected chi connectivity index (χ1v) is 8.29. The van der Waals surface area contributed by atoms with Crippen molar-refractivity contribution in [2.24, 2.45) is 0 Å². The fourth-order valence-corrected chi connectivity index (χ4v) is 3.54. The number of likely N-dealkylation sites (tertiary alicyclic amines) is 1. The lowest BCUT2D eigenvalue weighted by Gasteiger charge is -2.40. The number of hydrogen-bond acceptors (Lipinski definition) is 3. The van der Waals surface area contributed by atoms with Crippen molar-refractivity contribution in [1.29, 1.82) is 0 Å². The second kappa shape index (κ2) is 6.25. The number of halogens is 2. The van der Waals surface area contributed by atoms with E-state index in [1.54, 1.807) is 6.07 Å². The van der Waals surface area contributed by atoms with Crippen LogP contribution in [0.5, 0.6) is 0 Å². The molecule has 0 radical (unpaired) electrons. The van der Waals surface area contributed by atoms with Gasteiger partial charge in [0.1, 0.15) is 0 Å². The molecular weight excluding hydrogens is 307 g/mol. The maximum absolute atomic E-state index is 13.0. The van der Waals surface area contributed by atoms with Gasteiger partial charge in [-0.1, -0.05) is 29.3 Å². The number of carbonyl (C=O) groups excluding carboxylic acids is 1. The summed E-state index contributed by atoms with van der Waals surface area (Å²) in [7, 11) is 0. The summed E-state index contributed by atoms with van der Waals surface area (Å²) in [5.41, 5.74) is 0.539. The minimum absolute atomic E-state index is 0.299. The van der Waals surface area contributed by atoms with Gasteiger partial charge >= 0.3 is 0 Å². The first-order valence-electron chi connectivity index (χ1n) is 7.54. The van der Waals surface area contributed by atoms with Crippen molar-refractivity contribution in [2.45, 2.75) is 24.7 Å². The monoisotopic (exact) mass is 326 g/mol. The maximum Gasteiger partial charge on any atom is 0.158 e. The highest BCUT2D eigenvalue weighted by Crippen LogP contribution is 2.36. The molecule has 0 aliphatic carbocycles. The van der Waals surface area contributed by atoms with E-state index in [-0.39, 0.29) is 0 Å². The molecule has 2 aliphatic rings. The van der Waals surface area contributed by atoms with Crippen molar-refractivity contribution < 1.29 is 4.79 Å². The highest BCUT2D eigenvalue weighted by molar-refractivity contribution is 6.42. The second-order valence-electron chi connectivity index (χ2n) is 6.04. The number of rotatable bonds is 4. The van der Waals surface area contributed by atoms with E-state index in [0.717, 1.165) is 38.0 Å². The SMILES string of the molecule is O=C(CN1CCC1)[C@]1(c2ccc(Cl)c(Cl)c2)CCCNC1.